The zero-order chi connectivity index (χ0) is 21.0. The predicted molar refractivity (Wildman–Crippen MR) is 108 cm³/mol. The topological polar surface area (TPSA) is 51.0 Å². The van der Waals surface area contributed by atoms with Crippen LogP contribution in [0.1, 0.15) is 16.7 Å². The lowest BCUT2D eigenvalue weighted by Crippen LogP contribution is -2.08. The number of alkyl halides is 3. The SMILES string of the molecule is FC(F)(F)c1ccc(N=C(c2ccccc2)c2ccccc2)cc1-c1nccnn1. The van der Waals surface area contributed by atoms with Gasteiger partial charge in [0.2, 0.25) is 0 Å². The highest BCUT2D eigenvalue weighted by molar-refractivity contribution is 6.14. The van der Waals surface area contributed by atoms with Gasteiger partial charge in [0.15, 0.2) is 5.82 Å². The first-order valence-electron chi connectivity index (χ1n) is 9.07. The highest BCUT2D eigenvalue weighted by Gasteiger charge is 2.34. The van der Waals surface area contributed by atoms with Crippen LogP contribution in [0.25, 0.3) is 11.4 Å². The van der Waals surface area contributed by atoms with E-state index in [1.807, 2.05) is 60.7 Å². The van der Waals surface area contributed by atoms with Gasteiger partial charge in [-0.05, 0) is 18.2 Å². The molecule has 0 atom stereocenters. The van der Waals surface area contributed by atoms with Gasteiger partial charge in [0, 0.05) is 22.9 Å². The lowest BCUT2D eigenvalue weighted by Gasteiger charge is -2.13. The van der Waals surface area contributed by atoms with Gasteiger partial charge in [0.25, 0.3) is 0 Å². The highest BCUT2D eigenvalue weighted by Crippen LogP contribution is 2.38. The van der Waals surface area contributed by atoms with Crippen molar-refractivity contribution in [3.8, 4) is 11.4 Å². The summed E-state index contributed by atoms with van der Waals surface area (Å²) in [6.45, 7) is 0. The summed E-state index contributed by atoms with van der Waals surface area (Å²) in [5.74, 6) is -0.108. The molecular weight excluding hydrogens is 389 g/mol. The standard InChI is InChI=1S/C23H15F3N4/c24-23(25,26)20-12-11-18(15-19(20)22-27-13-14-28-30-22)29-21(16-7-3-1-4-8-16)17-9-5-2-6-10-17/h1-15H. The van der Waals surface area contributed by atoms with Crippen LogP contribution in [0.15, 0.2) is 96.2 Å². The summed E-state index contributed by atoms with van der Waals surface area (Å²) in [5.41, 5.74) is 1.69. The van der Waals surface area contributed by atoms with Gasteiger partial charge in [-0.1, -0.05) is 60.7 Å². The van der Waals surface area contributed by atoms with Crippen LogP contribution in [0.3, 0.4) is 0 Å². The third-order valence-electron chi connectivity index (χ3n) is 4.37. The largest absolute Gasteiger partial charge is 0.417 e. The van der Waals surface area contributed by atoms with Gasteiger partial charge < -0.3 is 0 Å². The van der Waals surface area contributed by atoms with Crippen molar-refractivity contribution in [3.05, 3.63) is 108 Å². The van der Waals surface area contributed by atoms with E-state index >= 15 is 0 Å². The number of halogens is 3. The number of rotatable bonds is 4. The molecule has 0 spiro atoms. The van der Waals surface area contributed by atoms with E-state index in [1.54, 1.807) is 0 Å². The zero-order valence-corrected chi connectivity index (χ0v) is 15.6. The van der Waals surface area contributed by atoms with E-state index in [1.165, 1.54) is 24.5 Å². The second-order valence-electron chi connectivity index (χ2n) is 6.39. The molecule has 4 nitrogen and oxygen atoms in total. The molecule has 0 N–H and O–H groups in total. The Morgan fingerprint density at radius 1 is 0.767 bits per heavy atom. The molecule has 0 aliphatic carbocycles. The van der Waals surface area contributed by atoms with E-state index in [4.69, 9.17) is 0 Å². The lowest BCUT2D eigenvalue weighted by atomic mass is 10.0. The summed E-state index contributed by atoms with van der Waals surface area (Å²) in [6.07, 6.45) is -1.95. The third kappa shape index (κ3) is 4.25. The van der Waals surface area contributed by atoms with Gasteiger partial charge in [-0.15, -0.1) is 5.10 Å². The molecule has 4 rings (SSSR count). The summed E-state index contributed by atoms with van der Waals surface area (Å²) in [5, 5.41) is 7.40. The minimum Gasteiger partial charge on any atom is -0.248 e. The Kier molecular flexibility index (Phi) is 5.34. The maximum Gasteiger partial charge on any atom is 0.417 e. The van der Waals surface area contributed by atoms with Crippen molar-refractivity contribution in [2.24, 2.45) is 4.99 Å². The van der Waals surface area contributed by atoms with Crippen LogP contribution in [0.2, 0.25) is 0 Å². The molecule has 0 aliphatic heterocycles. The molecule has 0 radical (unpaired) electrons. The first-order chi connectivity index (χ1) is 14.5. The van der Waals surface area contributed by atoms with Gasteiger partial charge in [0.05, 0.1) is 23.2 Å². The van der Waals surface area contributed by atoms with Crippen LogP contribution in [0.4, 0.5) is 18.9 Å². The molecule has 7 heteroatoms. The molecule has 0 fully saturated rings. The molecule has 0 bridgehead atoms. The van der Waals surface area contributed by atoms with Crippen LogP contribution in [-0.4, -0.2) is 20.9 Å². The van der Waals surface area contributed by atoms with E-state index in [0.29, 0.717) is 11.4 Å². The van der Waals surface area contributed by atoms with Gasteiger partial charge in [-0.3, -0.25) is 0 Å². The van der Waals surface area contributed by atoms with E-state index in [-0.39, 0.29) is 11.4 Å². The van der Waals surface area contributed by atoms with Gasteiger partial charge in [0.1, 0.15) is 0 Å². The van der Waals surface area contributed by atoms with E-state index in [2.05, 4.69) is 20.2 Å². The molecule has 0 aliphatic rings. The highest BCUT2D eigenvalue weighted by atomic mass is 19.4. The van der Waals surface area contributed by atoms with Crippen molar-refractivity contribution in [3.63, 3.8) is 0 Å². The summed E-state index contributed by atoms with van der Waals surface area (Å²) in [7, 11) is 0. The summed E-state index contributed by atoms with van der Waals surface area (Å²) in [6, 6.07) is 22.6. The Labute approximate surface area is 170 Å². The van der Waals surface area contributed by atoms with E-state index < -0.39 is 11.7 Å². The predicted octanol–water partition coefficient (Wildman–Crippen LogP) is 5.73. The number of hydrogen-bond acceptors (Lipinski definition) is 4. The second kappa shape index (κ2) is 8.24. The minimum absolute atomic E-state index is 0.108. The van der Waals surface area contributed by atoms with Gasteiger partial charge >= 0.3 is 6.18 Å². The number of hydrogen-bond donors (Lipinski definition) is 0. The van der Waals surface area contributed by atoms with E-state index in [0.717, 1.165) is 17.2 Å². The molecule has 0 amide bonds. The van der Waals surface area contributed by atoms with Gasteiger partial charge in [-0.25, -0.2) is 9.98 Å². The Bertz CT molecular complexity index is 1120. The lowest BCUT2D eigenvalue weighted by molar-refractivity contribution is -0.137. The average molecular weight is 404 g/mol. The number of nitrogens with zero attached hydrogens (tertiary/aromatic N) is 4. The summed E-state index contributed by atoms with van der Waals surface area (Å²) in [4.78, 5) is 8.62. The fraction of sp³-hybridized carbons (Fsp3) is 0.0435. The van der Waals surface area contributed by atoms with Crippen LogP contribution < -0.4 is 0 Å². The normalized spacial score (nSPS) is 11.2. The van der Waals surface area contributed by atoms with Crippen molar-refractivity contribution < 1.29 is 13.2 Å². The average Bonchev–Trinajstić information content (AvgIpc) is 2.78. The number of aliphatic imine (C=N–C) groups is 1. The molecule has 30 heavy (non-hydrogen) atoms. The molecule has 1 aromatic heterocycles. The van der Waals surface area contributed by atoms with Crippen molar-refractivity contribution in [2.75, 3.05) is 0 Å². The number of benzene rings is 3. The first kappa shape index (κ1) is 19.4. The zero-order valence-electron chi connectivity index (χ0n) is 15.6. The Balaban J connectivity index is 1.89. The van der Waals surface area contributed by atoms with Crippen molar-refractivity contribution in [1.82, 2.24) is 15.2 Å². The van der Waals surface area contributed by atoms with Crippen LogP contribution >= 0.6 is 0 Å². The van der Waals surface area contributed by atoms with Crippen molar-refractivity contribution in [1.29, 1.82) is 0 Å². The minimum atomic E-state index is -4.56. The fourth-order valence-electron chi connectivity index (χ4n) is 3.02. The molecule has 0 saturated carbocycles. The Hall–Kier alpha value is -3.87. The summed E-state index contributed by atoms with van der Waals surface area (Å²) >= 11 is 0. The van der Waals surface area contributed by atoms with Crippen LogP contribution in [0.5, 0.6) is 0 Å². The molecule has 0 saturated heterocycles. The summed E-state index contributed by atoms with van der Waals surface area (Å²) < 4.78 is 40.6. The molecule has 0 unspecified atom stereocenters. The molecule has 148 valence electrons. The molecule has 1 heterocycles. The van der Waals surface area contributed by atoms with Crippen molar-refractivity contribution >= 4 is 11.4 Å². The third-order valence-corrected chi connectivity index (χ3v) is 4.37. The fourth-order valence-corrected chi connectivity index (χ4v) is 3.02. The quantitative estimate of drug-likeness (QED) is 0.409. The Morgan fingerprint density at radius 2 is 1.40 bits per heavy atom. The van der Waals surface area contributed by atoms with Crippen molar-refractivity contribution in [2.45, 2.75) is 6.18 Å². The smallest absolute Gasteiger partial charge is 0.248 e. The molecule has 4 aromatic rings. The van der Waals surface area contributed by atoms with Gasteiger partial charge in [-0.2, -0.15) is 18.3 Å². The van der Waals surface area contributed by atoms with Crippen LogP contribution in [0, 0.1) is 0 Å². The molecular formula is C23H15F3N4. The van der Waals surface area contributed by atoms with E-state index in [9.17, 15) is 13.2 Å². The Morgan fingerprint density at radius 3 is 1.93 bits per heavy atom. The number of aromatic nitrogens is 3. The second-order valence-corrected chi connectivity index (χ2v) is 6.39. The molecule has 3 aromatic carbocycles. The maximum atomic E-state index is 13.5. The monoisotopic (exact) mass is 404 g/mol. The maximum absolute atomic E-state index is 13.5. The van der Waals surface area contributed by atoms with Crippen LogP contribution in [-0.2, 0) is 6.18 Å². The first-order valence-corrected chi connectivity index (χ1v) is 9.07.